The zero-order valence-corrected chi connectivity index (χ0v) is 15.5. The number of para-hydroxylation sites is 2. The van der Waals surface area contributed by atoms with Gasteiger partial charge in [0.25, 0.3) is 0 Å². The lowest BCUT2D eigenvalue weighted by atomic mass is 10.2. The third kappa shape index (κ3) is 4.99. The lowest BCUT2D eigenvalue weighted by Gasteiger charge is -2.08. The first-order valence-corrected chi connectivity index (χ1v) is 9.09. The van der Waals surface area contributed by atoms with Gasteiger partial charge in [-0.2, -0.15) is 0 Å². The molecule has 136 valence electrons. The number of nitrogens with one attached hydrogen (secondary N) is 2. The molecule has 0 aliphatic carbocycles. The third-order valence-corrected chi connectivity index (χ3v) is 4.49. The van der Waals surface area contributed by atoms with Crippen molar-refractivity contribution in [3.8, 4) is 5.75 Å². The normalized spacial score (nSPS) is 10.8. The Bertz CT molecular complexity index is 859. The average Bonchev–Trinajstić information content (AvgIpc) is 3.04. The molecule has 0 fully saturated rings. The highest BCUT2D eigenvalue weighted by atomic mass is 35.5. The molecule has 3 rings (SSSR count). The summed E-state index contributed by atoms with van der Waals surface area (Å²) in [5.74, 6) is 1.68. The second-order valence-electron chi connectivity index (χ2n) is 6.16. The van der Waals surface area contributed by atoms with Crippen LogP contribution in [0.1, 0.15) is 24.2 Å². The van der Waals surface area contributed by atoms with E-state index in [9.17, 15) is 4.79 Å². The molecule has 1 aromatic heterocycles. The molecule has 0 saturated carbocycles. The van der Waals surface area contributed by atoms with E-state index in [0.29, 0.717) is 32.4 Å². The highest BCUT2D eigenvalue weighted by Gasteiger charge is 2.05. The summed E-state index contributed by atoms with van der Waals surface area (Å²) < 4.78 is 5.65. The maximum atomic E-state index is 11.9. The SMILES string of the molecule is Cc1cc(OCCCC(=O)NCCc2nc3ccccc3[nH]2)ccc1Cl. The lowest BCUT2D eigenvalue weighted by Crippen LogP contribution is -2.26. The smallest absolute Gasteiger partial charge is 0.220 e. The molecule has 2 N–H and O–H groups in total. The fraction of sp³-hybridized carbons (Fsp3) is 0.300. The lowest BCUT2D eigenvalue weighted by molar-refractivity contribution is -0.121. The van der Waals surface area contributed by atoms with E-state index < -0.39 is 0 Å². The summed E-state index contributed by atoms with van der Waals surface area (Å²) in [4.78, 5) is 19.7. The van der Waals surface area contributed by atoms with Crippen molar-refractivity contribution >= 4 is 28.5 Å². The van der Waals surface area contributed by atoms with E-state index in [1.54, 1.807) is 0 Å². The van der Waals surface area contributed by atoms with Gasteiger partial charge in [0.05, 0.1) is 17.6 Å². The molecule has 5 nitrogen and oxygen atoms in total. The monoisotopic (exact) mass is 371 g/mol. The molecule has 0 aliphatic heterocycles. The van der Waals surface area contributed by atoms with E-state index in [2.05, 4.69) is 15.3 Å². The van der Waals surface area contributed by atoms with Crippen molar-refractivity contribution in [2.45, 2.75) is 26.2 Å². The molecule has 3 aromatic rings. The number of rotatable bonds is 8. The van der Waals surface area contributed by atoms with Gasteiger partial charge in [-0.1, -0.05) is 23.7 Å². The topological polar surface area (TPSA) is 67.0 Å². The fourth-order valence-electron chi connectivity index (χ4n) is 2.66. The van der Waals surface area contributed by atoms with Crippen LogP contribution in [0.3, 0.4) is 0 Å². The number of nitrogens with zero attached hydrogens (tertiary/aromatic N) is 1. The summed E-state index contributed by atoms with van der Waals surface area (Å²) in [6.45, 7) is 3.00. The van der Waals surface area contributed by atoms with Gasteiger partial charge in [-0.15, -0.1) is 0 Å². The maximum absolute atomic E-state index is 11.9. The number of amides is 1. The molecule has 6 heteroatoms. The number of benzene rings is 2. The predicted molar refractivity (Wildman–Crippen MR) is 104 cm³/mol. The van der Waals surface area contributed by atoms with Crippen molar-refractivity contribution in [2.75, 3.05) is 13.2 Å². The quantitative estimate of drug-likeness (QED) is 0.587. The number of halogens is 1. The molecule has 1 amide bonds. The van der Waals surface area contributed by atoms with Gasteiger partial charge in [0.2, 0.25) is 5.91 Å². The largest absolute Gasteiger partial charge is 0.494 e. The van der Waals surface area contributed by atoms with E-state index in [1.807, 2.05) is 49.4 Å². The maximum Gasteiger partial charge on any atom is 0.220 e. The van der Waals surface area contributed by atoms with E-state index in [-0.39, 0.29) is 5.91 Å². The number of carbonyl (C=O) groups is 1. The van der Waals surface area contributed by atoms with Crippen LogP contribution in [0.15, 0.2) is 42.5 Å². The van der Waals surface area contributed by atoms with Gasteiger partial charge >= 0.3 is 0 Å². The predicted octanol–water partition coefficient (Wildman–Crippen LogP) is 4.04. The van der Waals surface area contributed by atoms with Crippen molar-refractivity contribution in [3.63, 3.8) is 0 Å². The Balaban J connectivity index is 1.33. The molecule has 0 unspecified atom stereocenters. The van der Waals surface area contributed by atoms with Gasteiger partial charge in [0, 0.05) is 24.4 Å². The summed E-state index contributed by atoms with van der Waals surface area (Å²) >= 11 is 5.98. The van der Waals surface area contributed by atoms with Gasteiger partial charge in [0.15, 0.2) is 0 Å². The first-order chi connectivity index (χ1) is 12.6. The van der Waals surface area contributed by atoms with Crippen LogP contribution in [0.5, 0.6) is 5.75 Å². The Labute approximate surface area is 157 Å². The molecule has 0 radical (unpaired) electrons. The summed E-state index contributed by atoms with van der Waals surface area (Å²) in [6.07, 6.45) is 1.78. The Kier molecular flexibility index (Phi) is 6.12. The zero-order chi connectivity index (χ0) is 18.4. The second kappa shape index (κ2) is 8.72. The Morgan fingerprint density at radius 2 is 2.12 bits per heavy atom. The van der Waals surface area contributed by atoms with E-state index in [4.69, 9.17) is 16.3 Å². The molecular weight excluding hydrogens is 350 g/mol. The Hall–Kier alpha value is -2.53. The van der Waals surface area contributed by atoms with Crippen molar-refractivity contribution in [2.24, 2.45) is 0 Å². The molecule has 0 spiro atoms. The number of carbonyl (C=O) groups excluding carboxylic acids is 1. The number of aryl methyl sites for hydroxylation is 1. The number of hydrogen-bond acceptors (Lipinski definition) is 3. The molecule has 0 saturated heterocycles. The number of aromatic nitrogens is 2. The summed E-state index contributed by atoms with van der Waals surface area (Å²) in [5.41, 5.74) is 2.94. The highest BCUT2D eigenvalue weighted by molar-refractivity contribution is 6.31. The van der Waals surface area contributed by atoms with E-state index in [0.717, 1.165) is 33.2 Å². The van der Waals surface area contributed by atoms with Crippen molar-refractivity contribution in [1.82, 2.24) is 15.3 Å². The summed E-state index contributed by atoms with van der Waals surface area (Å²) in [5, 5.41) is 3.64. The Morgan fingerprint density at radius 3 is 2.92 bits per heavy atom. The van der Waals surface area contributed by atoms with Crippen molar-refractivity contribution in [3.05, 3.63) is 58.9 Å². The number of ether oxygens (including phenoxy) is 1. The summed E-state index contributed by atoms with van der Waals surface area (Å²) in [6, 6.07) is 13.4. The van der Waals surface area contributed by atoms with Crippen LogP contribution >= 0.6 is 11.6 Å². The zero-order valence-electron chi connectivity index (χ0n) is 14.7. The van der Waals surface area contributed by atoms with E-state index in [1.165, 1.54) is 0 Å². The minimum atomic E-state index is 0.0250. The first kappa shape index (κ1) is 18.3. The molecule has 2 aromatic carbocycles. The van der Waals surface area contributed by atoms with Gasteiger partial charge in [-0.25, -0.2) is 4.98 Å². The average molecular weight is 372 g/mol. The molecule has 0 aliphatic rings. The van der Waals surface area contributed by atoms with Crippen LogP contribution in [-0.4, -0.2) is 29.0 Å². The van der Waals surface area contributed by atoms with Crippen molar-refractivity contribution in [1.29, 1.82) is 0 Å². The third-order valence-electron chi connectivity index (χ3n) is 4.07. The number of aromatic amines is 1. The van der Waals surface area contributed by atoms with Crippen LogP contribution in [-0.2, 0) is 11.2 Å². The number of H-pyrrole nitrogens is 1. The minimum absolute atomic E-state index is 0.0250. The minimum Gasteiger partial charge on any atom is -0.494 e. The van der Waals surface area contributed by atoms with Gasteiger partial charge in [-0.3, -0.25) is 4.79 Å². The molecule has 26 heavy (non-hydrogen) atoms. The highest BCUT2D eigenvalue weighted by Crippen LogP contribution is 2.21. The second-order valence-corrected chi connectivity index (χ2v) is 6.57. The molecular formula is C20H22ClN3O2. The van der Waals surface area contributed by atoms with E-state index >= 15 is 0 Å². The van der Waals surface area contributed by atoms with Crippen molar-refractivity contribution < 1.29 is 9.53 Å². The summed E-state index contributed by atoms with van der Waals surface area (Å²) in [7, 11) is 0. The number of imidazole rings is 1. The molecule has 0 atom stereocenters. The van der Waals surface area contributed by atoms with Crippen LogP contribution < -0.4 is 10.1 Å². The number of hydrogen-bond donors (Lipinski definition) is 2. The van der Waals surface area contributed by atoms with Gasteiger partial charge in [-0.05, 0) is 49.2 Å². The van der Waals surface area contributed by atoms with Gasteiger partial charge in [0.1, 0.15) is 11.6 Å². The standard InChI is InChI=1S/C20H22ClN3O2/c1-14-13-15(8-9-16(14)21)26-12-4-7-20(25)22-11-10-19-23-17-5-2-3-6-18(17)24-19/h2-3,5-6,8-9,13H,4,7,10-12H2,1H3,(H,22,25)(H,23,24). The number of fused-ring (bicyclic) bond motifs is 1. The van der Waals surface area contributed by atoms with Crippen LogP contribution in [0.4, 0.5) is 0 Å². The van der Waals surface area contributed by atoms with Crippen LogP contribution in [0.25, 0.3) is 11.0 Å². The van der Waals surface area contributed by atoms with Gasteiger partial charge < -0.3 is 15.0 Å². The Morgan fingerprint density at radius 1 is 1.27 bits per heavy atom. The van der Waals surface area contributed by atoms with Crippen LogP contribution in [0.2, 0.25) is 5.02 Å². The molecule has 1 heterocycles. The molecule has 0 bridgehead atoms. The fourth-order valence-corrected chi connectivity index (χ4v) is 2.78. The first-order valence-electron chi connectivity index (χ1n) is 8.71. The van der Waals surface area contributed by atoms with Crippen LogP contribution in [0, 0.1) is 6.92 Å².